The zero-order valence-electron chi connectivity index (χ0n) is 38.6. The summed E-state index contributed by atoms with van der Waals surface area (Å²) < 4.78 is 27.0. The number of aliphatic hydroxyl groups is 1. The molecule has 2 atom stereocenters. The van der Waals surface area contributed by atoms with E-state index in [-0.39, 0.29) is 24.8 Å². The zero-order chi connectivity index (χ0) is 45.2. The van der Waals surface area contributed by atoms with E-state index < -0.39 is 11.1 Å². The molecule has 0 radical (unpaired) electrons. The lowest BCUT2D eigenvalue weighted by atomic mass is 9.80. The quantitative estimate of drug-likeness (QED) is 0.0710. The molecule has 6 rings (SSSR count). The van der Waals surface area contributed by atoms with Gasteiger partial charge in [-0.2, -0.15) is 0 Å². The summed E-state index contributed by atoms with van der Waals surface area (Å²) in [5.74, 6) is 1.81. The molecule has 12 heteroatoms. The number of carbonyl (C=O) groups is 2. The Bertz CT molecular complexity index is 1960. The van der Waals surface area contributed by atoms with Crippen molar-refractivity contribution >= 4 is 22.9 Å². The summed E-state index contributed by atoms with van der Waals surface area (Å²) >= 11 is 0. The number of nitrogens with zero attached hydrogens (tertiary/aromatic N) is 4. The number of hydrogen-bond acceptors (Lipinski definition) is 12. The number of benzene rings is 4. The first-order chi connectivity index (χ1) is 30.5. The standard InChI is InChI=1S/C26H36N2O4.C25H34N2O4/c1-5-26(27(2)3,20-21-6-12-24(13-7-21)32-19-18-30-4)25(29)22-8-10-23(11-9-22)28-14-16-31-17-15-28;1-4-25(26(2)3,19-20-5-11-23(12-6-20)31-18-15-28)24(29)21-7-9-22(10-8-21)27-13-16-30-17-14-27/h6-13H,5,14-20H2,1-4H3;5-12,28H,4,13-19H2,1-3H3. The van der Waals surface area contributed by atoms with Gasteiger partial charge in [0, 0.05) is 55.8 Å². The molecule has 0 saturated carbocycles. The Morgan fingerprint density at radius 2 is 0.937 bits per heavy atom. The first-order valence-corrected chi connectivity index (χ1v) is 22.3. The molecule has 2 fully saturated rings. The number of anilines is 2. The van der Waals surface area contributed by atoms with Crippen molar-refractivity contribution in [3.63, 3.8) is 0 Å². The monoisotopic (exact) mass is 867 g/mol. The third kappa shape index (κ3) is 12.9. The minimum Gasteiger partial charge on any atom is -0.491 e. The van der Waals surface area contributed by atoms with Crippen molar-refractivity contribution in [1.29, 1.82) is 0 Å². The molecule has 0 spiro atoms. The van der Waals surface area contributed by atoms with Crippen LogP contribution in [0.1, 0.15) is 58.5 Å². The Hall–Kier alpha value is -4.82. The highest BCUT2D eigenvalue weighted by molar-refractivity contribution is 6.04. The van der Waals surface area contributed by atoms with Gasteiger partial charge in [-0.15, -0.1) is 0 Å². The van der Waals surface area contributed by atoms with E-state index in [2.05, 4.69) is 40.7 Å². The number of methoxy groups -OCH3 is 1. The highest BCUT2D eigenvalue weighted by Crippen LogP contribution is 2.31. The minimum atomic E-state index is -0.631. The van der Waals surface area contributed by atoms with Crippen LogP contribution in [0.3, 0.4) is 0 Å². The van der Waals surface area contributed by atoms with Crippen LogP contribution in [0.5, 0.6) is 11.5 Å². The number of morpholine rings is 2. The van der Waals surface area contributed by atoms with Crippen LogP contribution >= 0.6 is 0 Å². The third-order valence-electron chi connectivity index (χ3n) is 12.5. The summed E-state index contributed by atoms with van der Waals surface area (Å²) in [7, 11) is 9.59. The topological polar surface area (TPSA) is 113 Å². The number of aliphatic hydroxyl groups excluding tert-OH is 1. The maximum atomic E-state index is 13.8. The molecule has 2 unspecified atom stereocenters. The number of hydrogen-bond donors (Lipinski definition) is 1. The lowest BCUT2D eigenvalue weighted by molar-refractivity contribution is 0.0661. The molecular formula is C51H70N4O8. The molecule has 0 amide bonds. The summed E-state index contributed by atoms with van der Waals surface area (Å²) in [6.45, 7) is 12.0. The molecule has 4 aromatic rings. The van der Waals surface area contributed by atoms with E-state index in [9.17, 15) is 9.59 Å². The molecule has 2 saturated heterocycles. The van der Waals surface area contributed by atoms with E-state index >= 15 is 0 Å². The lowest BCUT2D eigenvalue weighted by Crippen LogP contribution is -2.52. The van der Waals surface area contributed by atoms with Crippen molar-refractivity contribution in [2.45, 2.75) is 50.6 Å². The van der Waals surface area contributed by atoms with Crippen LogP contribution in [0.4, 0.5) is 11.4 Å². The number of carbonyl (C=O) groups excluding carboxylic acids is 2. The second kappa shape index (κ2) is 24.3. The number of ether oxygens (including phenoxy) is 5. The van der Waals surface area contributed by atoms with Gasteiger partial charge in [0.2, 0.25) is 0 Å². The van der Waals surface area contributed by atoms with Crippen molar-refractivity contribution in [3.8, 4) is 11.5 Å². The van der Waals surface area contributed by atoms with Crippen molar-refractivity contribution in [2.24, 2.45) is 0 Å². The van der Waals surface area contributed by atoms with Crippen molar-refractivity contribution < 1.29 is 38.4 Å². The SMILES string of the molecule is CCC(Cc1ccc(OCCO)cc1)(C(=O)c1ccc(N2CCOCC2)cc1)N(C)C.CCC(Cc1ccc(OCCOC)cc1)(C(=O)c1ccc(N2CCOCC2)cc1)N(C)C. The highest BCUT2D eigenvalue weighted by atomic mass is 16.5. The molecule has 63 heavy (non-hydrogen) atoms. The van der Waals surface area contributed by atoms with Crippen LogP contribution in [0.15, 0.2) is 97.1 Å². The number of likely N-dealkylation sites (N-methyl/N-ethyl adjacent to an activating group) is 2. The number of ketones is 2. The summed E-state index contributed by atoms with van der Waals surface area (Å²) in [4.78, 5) is 36.2. The minimum absolute atomic E-state index is 0.0137. The summed E-state index contributed by atoms with van der Waals surface area (Å²) in [6.07, 6.45) is 2.67. The molecule has 0 aliphatic carbocycles. The van der Waals surface area contributed by atoms with Crippen LogP contribution in [-0.4, -0.2) is 152 Å². The number of rotatable bonds is 21. The van der Waals surface area contributed by atoms with E-state index in [0.717, 1.165) is 104 Å². The molecule has 2 aliphatic heterocycles. The Morgan fingerprint density at radius 1 is 0.571 bits per heavy atom. The van der Waals surface area contributed by atoms with Gasteiger partial charge in [0.25, 0.3) is 0 Å². The van der Waals surface area contributed by atoms with Crippen LogP contribution in [0.25, 0.3) is 0 Å². The van der Waals surface area contributed by atoms with Gasteiger partial charge in [-0.1, -0.05) is 38.1 Å². The highest BCUT2D eigenvalue weighted by Gasteiger charge is 2.41. The number of Topliss-reactive ketones (excluding diaryl/α,β-unsaturated/α-hetero) is 2. The fourth-order valence-electron chi connectivity index (χ4n) is 8.40. The predicted molar refractivity (Wildman–Crippen MR) is 251 cm³/mol. The van der Waals surface area contributed by atoms with Crippen LogP contribution < -0.4 is 19.3 Å². The van der Waals surface area contributed by atoms with Gasteiger partial charge in [0.1, 0.15) is 24.7 Å². The molecule has 0 bridgehead atoms. The first-order valence-electron chi connectivity index (χ1n) is 22.3. The van der Waals surface area contributed by atoms with Gasteiger partial charge in [0.15, 0.2) is 11.6 Å². The van der Waals surface area contributed by atoms with Gasteiger partial charge in [-0.25, -0.2) is 0 Å². The molecule has 12 nitrogen and oxygen atoms in total. The summed E-state index contributed by atoms with van der Waals surface area (Å²) in [5, 5.41) is 8.91. The molecular weight excluding hydrogens is 797 g/mol. The van der Waals surface area contributed by atoms with Crippen LogP contribution in [0, 0.1) is 0 Å². The normalized spacial score (nSPS) is 16.2. The third-order valence-corrected chi connectivity index (χ3v) is 12.5. The molecule has 1 N–H and O–H groups in total. The Morgan fingerprint density at radius 3 is 1.25 bits per heavy atom. The van der Waals surface area contributed by atoms with E-state index in [4.69, 9.17) is 28.8 Å². The average Bonchev–Trinajstić information content (AvgIpc) is 3.33. The van der Waals surface area contributed by atoms with Crippen molar-refractivity contribution in [2.75, 3.05) is 124 Å². The second-order valence-electron chi connectivity index (χ2n) is 16.6. The maximum absolute atomic E-state index is 13.8. The fraction of sp³-hybridized carbons (Fsp3) is 0.490. The van der Waals surface area contributed by atoms with Gasteiger partial charge in [0.05, 0.1) is 50.7 Å². The fourth-order valence-corrected chi connectivity index (χ4v) is 8.40. The van der Waals surface area contributed by atoms with Crippen LogP contribution in [0.2, 0.25) is 0 Å². The largest absolute Gasteiger partial charge is 0.491 e. The Labute approximate surface area is 375 Å². The molecule has 2 aliphatic rings. The van der Waals surface area contributed by atoms with E-state index in [0.29, 0.717) is 32.5 Å². The van der Waals surface area contributed by atoms with E-state index in [1.165, 1.54) is 0 Å². The van der Waals surface area contributed by atoms with Gasteiger partial charge in [-0.3, -0.25) is 19.4 Å². The van der Waals surface area contributed by atoms with Gasteiger partial charge < -0.3 is 38.6 Å². The zero-order valence-corrected chi connectivity index (χ0v) is 38.6. The lowest BCUT2D eigenvalue weighted by Gasteiger charge is -2.38. The van der Waals surface area contributed by atoms with Gasteiger partial charge >= 0.3 is 0 Å². The van der Waals surface area contributed by atoms with E-state index in [1.54, 1.807) is 7.11 Å². The predicted octanol–water partition coefficient (Wildman–Crippen LogP) is 6.71. The average molecular weight is 867 g/mol. The van der Waals surface area contributed by atoms with Crippen molar-refractivity contribution in [3.05, 3.63) is 119 Å². The van der Waals surface area contributed by atoms with Gasteiger partial charge in [-0.05, 0) is 138 Å². The first kappa shape index (κ1) is 49.2. The molecule has 2 heterocycles. The molecule has 0 aromatic heterocycles. The second-order valence-corrected chi connectivity index (χ2v) is 16.6. The summed E-state index contributed by atoms with van der Waals surface area (Å²) in [6, 6.07) is 31.8. The molecule has 4 aromatic carbocycles. The Balaban J connectivity index is 0.000000238. The smallest absolute Gasteiger partial charge is 0.183 e. The van der Waals surface area contributed by atoms with Crippen LogP contribution in [-0.2, 0) is 27.1 Å². The molecule has 342 valence electrons. The van der Waals surface area contributed by atoms with E-state index in [1.807, 2.05) is 118 Å². The summed E-state index contributed by atoms with van der Waals surface area (Å²) in [5.41, 5.74) is 4.69. The maximum Gasteiger partial charge on any atom is 0.183 e. The Kier molecular flexibility index (Phi) is 19.0. The van der Waals surface area contributed by atoms with Crippen molar-refractivity contribution in [1.82, 2.24) is 9.80 Å².